The molecule has 1 amide bonds. The lowest BCUT2D eigenvalue weighted by molar-refractivity contribution is 0.0767. The number of hydrogen-bond donors (Lipinski definition) is 1. The van der Waals surface area contributed by atoms with Gasteiger partial charge in [-0.3, -0.25) is 4.79 Å². The van der Waals surface area contributed by atoms with Crippen LogP contribution in [-0.2, 0) is 4.74 Å². The topological polar surface area (TPSA) is 70.6 Å². The van der Waals surface area contributed by atoms with Crippen molar-refractivity contribution < 1.29 is 9.53 Å². The molecule has 0 aliphatic carbocycles. The van der Waals surface area contributed by atoms with Gasteiger partial charge in [0.25, 0.3) is 5.91 Å². The van der Waals surface area contributed by atoms with Gasteiger partial charge in [-0.05, 0) is 39.0 Å². The Morgan fingerprint density at radius 2 is 1.89 bits per heavy atom. The van der Waals surface area contributed by atoms with E-state index in [4.69, 9.17) is 4.74 Å². The largest absolute Gasteiger partial charge is 0.378 e. The number of ether oxygens (including phenoxy) is 1. The first kappa shape index (κ1) is 19.1. The van der Waals surface area contributed by atoms with Gasteiger partial charge in [0.05, 0.1) is 24.6 Å². The molecular formula is C20H27N5O2. The van der Waals surface area contributed by atoms with Crippen LogP contribution in [0.15, 0.2) is 30.3 Å². The summed E-state index contributed by atoms with van der Waals surface area (Å²) in [6.45, 7) is 10.2. The Labute approximate surface area is 160 Å². The average Bonchev–Trinajstić information content (AvgIpc) is 2.69. The number of amides is 1. The lowest BCUT2D eigenvalue weighted by atomic mass is 10.2. The summed E-state index contributed by atoms with van der Waals surface area (Å²) in [5.74, 6) is 0.362. The van der Waals surface area contributed by atoms with Crippen molar-refractivity contribution in [2.75, 3.05) is 49.6 Å². The predicted octanol–water partition coefficient (Wildman–Crippen LogP) is 2.85. The molecule has 27 heavy (non-hydrogen) atoms. The Balaban J connectivity index is 1.87. The molecule has 1 aromatic carbocycles. The van der Waals surface area contributed by atoms with E-state index in [1.165, 1.54) is 0 Å². The van der Waals surface area contributed by atoms with Crippen LogP contribution in [0, 0.1) is 6.92 Å². The van der Waals surface area contributed by atoms with E-state index in [0.29, 0.717) is 24.7 Å². The van der Waals surface area contributed by atoms with Gasteiger partial charge in [0, 0.05) is 31.9 Å². The number of hydrogen-bond acceptors (Lipinski definition) is 6. The van der Waals surface area contributed by atoms with E-state index in [9.17, 15) is 4.79 Å². The predicted molar refractivity (Wildman–Crippen MR) is 107 cm³/mol. The molecule has 3 rings (SSSR count). The fourth-order valence-electron chi connectivity index (χ4n) is 3.19. The molecule has 0 unspecified atom stereocenters. The molecule has 1 N–H and O–H groups in total. The quantitative estimate of drug-likeness (QED) is 0.844. The van der Waals surface area contributed by atoms with Gasteiger partial charge in [0.1, 0.15) is 5.69 Å². The minimum atomic E-state index is -0.0741. The SMILES string of the molecule is CCN(CC)C(=O)c1cc(C)nc(Nc2ccccc2N2CCOCC2)n1. The second kappa shape index (κ2) is 8.81. The highest BCUT2D eigenvalue weighted by Gasteiger charge is 2.18. The van der Waals surface area contributed by atoms with Gasteiger partial charge in [0.2, 0.25) is 5.95 Å². The zero-order chi connectivity index (χ0) is 19.2. The number of para-hydroxylation sites is 2. The van der Waals surface area contributed by atoms with E-state index in [2.05, 4.69) is 26.3 Å². The third-order valence-electron chi connectivity index (χ3n) is 4.63. The van der Waals surface area contributed by atoms with Crippen molar-refractivity contribution in [2.45, 2.75) is 20.8 Å². The summed E-state index contributed by atoms with van der Waals surface area (Å²) in [6.07, 6.45) is 0. The average molecular weight is 369 g/mol. The number of carbonyl (C=O) groups is 1. The molecular weight excluding hydrogens is 342 g/mol. The zero-order valence-electron chi connectivity index (χ0n) is 16.2. The molecule has 0 spiro atoms. The van der Waals surface area contributed by atoms with Crippen molar-refractivity contribution in [2.24, 2.45) is 0 Å². The van der Waals surface area contributed by atoms with E-state index in [1.807, 2.05) is 39.0 Å². The van der Waals surface area contributed by atoms with Gasteiger partial charge in [0.15, 0.2) is 0 Å². The highest BCUT2D eigenvalue weighted by atomic mass is 16.5. The smallest absolute Gasteiger partial charge is 0.272 e. The van der Waals surface area contributed by atoms with Crippen LogP contribution in [0.1, 0.15) is 30.0 Å². The number of nitrogens with one attached hydrogen (secondary N) is 1. The summed E-state index contributed by atoms with van der Waals surface area (Å²) in [7, 11) is 0. The summed E-state index contributed by atoms with van der Waals surface area (Å²) >= 11 is 0. The molecule has 0 radical (unpaired) electrons. The number of rotatable bonds is 6. The maximum Gasteiger partial charge on any atom is 0.272 e. The van der Waals surface area contributed by atoms with Crippen LogP contribution in [0.5, 0.6) is 0 Å². The lowest BCUT2D eigenvalue weighted by Gasteiger charge is -2.30. The minimum absolute atomic E-state index is 0.0741. The Morgan fingerprint density at radius 1 is 1.19 bits per heavy atom. The van der Waals surface area contributed by atoms with E-state index in [-0.39, 0.29) is 5.91 Å². The summed E-state index contributed by atoms with van der Waals surface area (Å²) in [6, 6.07) is 9.81. The number of aromatic nitrogens is 2. The fraction of sp³-hybridized carbons (Fsp3) is 0.450. The first-order chi connectivity index (χ1) is 13.1. The number of anilines is 3. The van der Waals surface area contributed by atoms with Crippen LogP contribution < -0.4 is 10.2 Å². The molecule has 1 saturated heterocycles. The van der Waals surface area contributed by atoms with Crippen LogP contribution in [0.3, 0.4) is 0 Å². The maximum atomic E-state index is 12.7. The van der Waals surface area contributed by atoms with E-state index in [0.717, 1.165) is 43.4 Å². The van der Waals surface area contributed by atoms with Crippen LogP contribution in [0.4, 0.5) is 17.3 Å². The molecule has 2 heterocycles. The van der Waals surface area contributed by atoms with Crippen molar-refractivity contribution >= 4 is 23.2 Å². The Kier molecular flexibility index (Phi) is 6.24. The van der Waals surface area contributed by atoms with Gasteiger partial charge < -0.3 is 19.9 Å². The highest BCUT2D eigenvalue weighted by molar-refractivity contribution is 5.92. The van der Waals surface area contributed by atoms with E-state index < -0.39 is 0 Å². The van der Waals surface area contributed by atoms with E-state index in [1.54, 1.807) is 11.0 Å². The van der Waals surface area contributed by atoms with Crippen molar-refractivity contribution in [3.8, 4) is 0 Å². The van der Waals surface area contributed by atoms with Crippen molar-refractivity contribution in [1.82, 2.24) is 14.9 Å². The highest BCUT2D eigenvalue weighted by Crippen LogP contribution is 2.28. The van der Waals surface area contributed by atoms with Crippen molar-refractivity contribution in [1.29, 1.82) is 0 Å². The molecule has 7 heteroatoms. The Hall–Kier alpha value is -2.67. The second-order valence-electron chi connectivity index (χ2n) is 6.44. The normalized spacial score (nSPS) is 14.1. The lowest BCUT2D eigenvalue weighted by Crippen LogP contribution is -2.36. The fourth-order valence-corrected chi connectivity index (χ4v) is 3.19. The summed E-state index contributed by atoms with van der Waals surface area (Å²) in [5, 5.41) is 3.31. The minimum Gasteiger partial charge on any atom is -0.378 e. The van der Waals surface area contributed by atoms with Gasteiger partial charge in [-0.2, -0.15) is 0 Å². The molecule has 0 saturated carbocycles. The number of nitrogens with zero attached hydrogens (tertiary/aromatic N) is 4. The molecule has 1 aliphatic heterocycles. The number of morpholine rings is 1. The zero-order valence-corrected chi connectivity index (χ0v) is 16.2. The molecule has 1 aliphatic rings. The monoisotopic (exact) mass is 369 g/mol. The van der Waals surface area contributed by atoms with Gasteiger partial charge in [-0.15, -0.1) is 0 Å². The number of benzene rings is 1. The third kappa shape index (κ3) is 4.54. The summed E-state index contributed by atoms with van der Waals surface area (Å²) in [5.41, 5.74) is 3.18. The van der Waals surface area contributed by atoms with Crippen LogP contribution in [0.25, 0.3) is 0 Å². The Bertz CT molecular complexity index is 786. The first-order valence-electron chi connectivity index (χ1n) is 9.46. The Morgan fingerprint density at radius 3 is 2.59 bits per heavy atom. The van der Waals surface area contributed by atoms with Crippen molar-refractivity contribution in [3.63, 3.8) is 0 Å². The van der Waals surface area contributed by atoms with Gasteiger partial charge in [-0.1, -0.05) is 12.1 Å². The maximum absolute atomic E-state index is 12.7. The molecule has 0 bridgehead atoms. The first-order valence-corrected chi connectivity index (χ1v) is 9.46. The van der Waals surface area contributed by atoms with Crippen LogP contribution in [-0.4, -0.2) is 60.2 Å². The van der Waals surface area contributed by atoms with Crippen LogP contribution in [0.2, 0.25) is 0 Å². The summed E-state index contributed by atoms with van der Waals surface area (Å²) < 4.78 is 5.45. The third-order valence-corrected chi connectivity index (χ3v) is 4.63. The van der Waals surface area contributed by atoms with Crippen molar-refractivity contribution in [3.05, 3.63) is 41.7 Å². The van der Waals surface area contributed by atoms with E-state index >= 15 is 0 Å². The number of carbonyl (C=O) groups excluding carboxylic acids is 1. The van der Waals surface area contributed by atoms with Crippen LogP contribution >= 0.6 is 0 Å². The number of aryl methyl sites for hydroxylation is 1. The molecule has 2 aromatic rings. The molecule has 144 valence electrons. The van der Waals surface area contributed by atoms with Gasteiger partial charge >= 0.3 is 0 Å². The molecule has 0 atom stereocenters. The standard InChI is InChI=1S/C20H27N5O2/c1-4-24(5-2)19(26)17-14-15(3)21-20(23-17)22-16-8-6-7-9-18(16)25-10-12-27-13-11-25/h6-9,14H,4-5,10-13H2,1-3H3,(H,21,22,23). The molecule has 1 fully saturated rings. The van der Waals surface area contributed by atoms with Gasteiger partial charge in [-0.25, -0.2) is 9.97 Å². The summed E-state index contributed by atoms with van der Waals surface area (Å²) in [4.78, 5) is 25.7. The molecule has 7 nitrogen and oxygen atoms in total. The molecule has 1 aromatic heterocycles. The second-order valence-corrected chi connectivity index (χ2v) is 6.44.